The molecular weight excluding hydrogens is 378 g/mol. The minimum Gasteiger partial charge on any atom is -0.424 e. The Kier molecular flexibility index (Phi) is 3.96. The molecule has 2 fully saturated rings. The van der Waals surface area contributed by atoms with Gasteiger partial charge in [-0.2, -0.15) is 0 Å². The fourth-order valence-corrected chi connectivity index (χ4v) is 4.91. The third-order valence-electron chi connectivity index (χ3n) is 3.82. The summed E-state index contributed by atoms with van der Waals surface area (Å²) in [4.78, 5) is 25.8. The second-order valence-corrected chi connectivity index (χ2v) is 8.05. The molecule has 3 rings (SSSR count). The molecular formula is C14H13BrClNO3S. The SMILES string of the molecule is CC12CCC(=O)N1C(C(=O)Oc1ccc(Cl)cc1Br)CS2. The van der Waals surface area contributed by atoms with Crippen LogP contribution in [-0.4, -0.2) is 33.4 Å². The van der Waals surface area contributed by atoms with E-state index in [1.165, 1.54) is 0 Å². The molecule has 0 spiro atoms. The van der Waals surface area contributed by atoms with Gasteiger partial charge in [0, 0.05) is 17.2 Å². The van der Waals surface area contributed by atoms with Gasteiger partial charge in [0.1, 0.15) is 11.8 Å². The topological polar surface area (TPSA) is 46.6 Å². The second kappa shape index (κ2) is 5.48. The number of thioether (sulfide) groups is 1. The Balaban J connectivity index is 1.78. The number of ether oxygens (including phenoxy) is 1. The lowest BCUT2D eigenvalue weighted by molar-refractivity contribution is -0.146. The van der Waals surface area contributed by atoms with Gasteiger partial charge in [0.2, 0.25) is 5.91 Å². The largest absolute Gasteiger partial charge is 0.424 e. The van der Waals surface area contributed by atoms with Gasteiger partial charge in [-0.1, -0.05) is 11.6 Å². The van der Waals surface area contributed by atoms with E-state index in [0.29, 0.717) is 27.4 Å². The molecule has 0 N–H and O–H groups in total. The molecule has 0 bridgehead atoms. The molecule has 1 aromatic carbocycles. The van der Waals surface area contributed by atoms with Crippen LogP contribution in [0.1, 0.15) is 19.8 Å². The van der Waals surface area contributed by atoms with E-state index in [-0.39, 0.29) is 10.8 Å². The summed E-state index contributed by atoms with van der Waals surface area (Å²) < 4.78 is 6.05. The minimum absolute atomic E-state index is 0.0274. The Morgan fingerprint density at radius 1 is 1.57 bits per heavy atom. The molecule has 2 unspecified atom stereocenters. The highest BCUT2D eigenvalue weighted by Gasteiger charge is 2.53. The number of esters is 1. The fraction of sp³-hybridized carbons (Fsp3) is 0.429. The highest BCUT2D eigenvalue weighted by Crippen LogP contribution is 2.47. The van der Waals surface area contributed by atoms with Gasteiger partial charge in [0.05, 0.1) is 9.34 Å². The number of carbonyl (C=O) groups excluding carboxylic acids is 2. The van der Waals surface area contributed by atoms with E-state index in [1.807, 2.05) is 6.92 Å². The first-order chi connectivity index (χ1) is 9.90. The third kappa shape index (κ3) is 2.69. The number of benzene rings is 1. The maximum atomic E-state index is 12.4. The Morgan fingerprint density at radius 2 is 2.33 bits per heavy atom. The van der Waals surface area contributed by atoms with E-state index >= 15 is 0 Å². The summed E-state index contributed by atoms with van der Waals surface area (Å²) in [5, 5.41) is 0.556. The van der Waals surface area contributed by atoms with E-state index < -0.39 is 12.0 Å². The van der Waals surface area contributed by atoms with Crippen LogP contribution in [0, 0.1) is 0 Å². The molecule has 0 aromatic heterocycles. The van der Waals surface area contributed by atoms with E-state index in [1.54, 1.807) is 34.9 Å². The summed E-state index contributed by atoms with van der Waals surface area (Å²) in [6, 6.07) is 4.44. The van der Waals surface area contributed by atoms with Crippen LogP contribution in [0.3, 0.4) is 0 Å². The first-order valence-corrected chi connectivity index (χ1v) is 8.69. The average Bonchev–Trinajstić information content (AvgIpc) is 2.90. The number of halogens is 2. The number of carbonyl (C=O) groups is 2. The van der Waals surface area contributed by atoms with Crippen molar-refractivity contribution in [3.8, 4) is 5.75 Å². The van der Waals surface area contributed by atoms with E-state index in [9.17, 15) is 9.59 Å². The Bertz CT molecular complexity index is 626. The van der Waals surface area contributed by atoms with Crippen LogP contribution < -0.4 is 4.74 Å². The standard InChI is InChI=1S/C14H13BrClNO3S/c1-14-5-4-12(18)17(14)10(7-21-14)13(19)20-11-3-2-8(16)6-9(11)15/h2-3,6,10H,4-5,7H2,1H3. The molecule has 2 aliphatic rings. The van der Waals surface area contributed by atoms with Crippen LogP contribution in [0.5, 0.6) is 5.75 Å². The maximum absolute atomic E-state index is 12.4. The maximum Gasteiger partial charge on any atom is 0.335 e. The molecule has 2 atom stereocenters. The average molecular weight is 391 g/mol. The monoisotopic (exact) mass is 389 g/mol. The van der Waals surface area contributed by atoms with Crippen molar-refractivity contribution >= 4 is 51.2 Å². The number of hydrogen-bond donors (Lipinski definition) is 0. The fourth-order valence-electron chi connectivity index (χ4n) is 2.73. The van der Waals surface area contributed by atoms with Gasteiger partial charge in [0.15, 0.2) is 0 Å². The quantitative estimate of drug-likeness (QED) is 0.573. The highest BCUT2D eigenvalue weighted by atomic mass is 79.9. The number of nitrogens with zero attached hydrogens (tertiary/aromatic N) is 1. The summed E-state index contributed by atoms with van der Waals surface area (Å²) in [5.41, 5.74) is 0. The van der Waals surface area contributed by atoms with E-state index in [0.717, 1.165) is 6.42 Å². The van der Waals surface area contributed by atoms with Gasteiger partial charge in [-0.25, -0.2) is 4.79 Å². The molecule has 21 heavy (non-hydrogen) atoms. The smallest absolute Gasteiger partial charge is 0.335 e. The molecule has 0 radical (unpaired) electrons. The zero-order valence-corrected chi connectivity index (χ0v) is 14.4. The summed E-state index contributed by atoms with van der Waals surface area (Å²) in [6.45, 7) is 2.01. The number of fused-ring (bicyclic) bond motifs is 1. The Labute approximate surface area is 140 Å². The van der Waals surface area contributed by atoms with Gasteiger partial charge in [0.25, 0.3) is 0 Å². The van der Waals surface area contributed by atoms with Crippen molar-refractivity contribution in [2.75, 3.05) is 5.75 Å². The molecule has 0 aliphatic carbocycles. The van der Waals surface area contributed by atoms with Crippen molar-refractivity contribution < 1.29 is 14.3 Å². The van der Waals surface area contributed by atoms with Crippen molar-refractivity contribution in [1.29, 1.82) is 0 Å². The van der Waals surface area contributed by atoms with Gasteiger partial charge in [-0.05, 0) is 47.5 Å². The van der Waals surface area contributed by atoms with Crippen molar-refractivity contribution in [3.63, 3.8) is 0 Å². The number of amides is 1. The summed E-state index contributed by atoms with van der Waals surface area (Å²) in [5.74, 6) is 0.616. The van der Waals surface area contributed by atoms with Crippen molar-refractivity contribution in [3.05, 3.63) is 27.7 Å². The Morgan fingerprint density at radius 3 is 3.05 bits per heavy atom. The second-order valence-electron chi connectivity index (χ2n) is 5.26. The highest BCUT2D eigenvalue weighted by molar-refractivity contribution is 9.10. The zero-order chi connectivity index (χ0) is 15.2. The van der Waals surface area contributed by atoms with Crippen LogP contribution in [0.4, 0.5) is 0 Å². The predicted octanol–water partition coefficient (Wildman–Crippen LogP) is 3.46. The van der Waals surface area contributed by atoms with Gasteiger partial charge < -0.3 is 9.64 Å². The molecule has 2 saturated heterocycles. The lowest BCUT2D eigenvalue weighted by Crippen LogP contribution is -2.47. The van der Waals surface area contributed by atoms with Crippen LogP contribution in [0.2, 0.25) is 5.02 Å². The van der Waals surface area contributed by atoms with Crippen LogP contribution in [0.25, 0.3) is 0 Å². The number of hydrogen-bond acceptors (Lipinski definition) is 4. The summed E-state index contributed by atoms with van der Waals surface area (Å²) in [7, 11) is 0. The minimum atomic E-state index is -0.516. The van der Waals surface area contributed by atoms with Gasteiger partial charge in [-0.3, -0.25) is 4.79 Å². The van der Waals surface area contributed by atoms with E-state index in [2.05, 4.69) is 15.9 Å². The molecule has 2 heterocycles. The molecule has 4 nitrogen and oxygen atoms in total. The van der Waals surface area contributed by atoms with Crippen LogP contribution in [-0.2, 0) is 9.59 Å². The third-order valence-corrected chi connectivity index (χ3v) is 6.18. The van der Waals surface area contributed by atoms with E-state index in [4.69, 9.17) is 16.3 Å². The Hall–Kier alpha value is -0.720. The molecule has 1 amide bonds. The summed E-state index contributed by atoms with van der Waals surface area (Å²) >= 11 is 10.8. The zero-order valence-electron chi connectivity index (χ0n) is 11.3. The predicted molar refractivity (Wildman–Crippen MR) is 85.5 cm³/mol. The normalized spacial score (nSPS) is 27.9. The molecule has 1 aromatic rings. The van der Waals surface area contributed by atoms with Gasteiger partial charge in [-0.15, -0.1) is 11.8 Å². The first-order valence-electron chi connectivity index (χ1n) is 6.53. The van der Waals surface area contributed by atoms with Crippen molar-refractivity contribution in [2.24, 2.45) is 0 Å². The molecule has 112 valence electrons. The van der Waals surface area contributed by atoms with Gasteiger partial charge >= 0.3 is 5.97 Å². The lowest BCUT2D eigenvalue weighted by atomic mass is 10.2. The first kappa shape index (κ1) is 15.2. The lowest BCUT2D eigenvalue weighted by Gasteiger charge is -2.29. The summed E-state index contributed by atoms with van der Waals surface area (Å²) in [6.07, 6.45) is 1.28. The molecule has 2 aliphatic heterocycles. The van der Waals surface area contributed by atoms with Crippen LogP contribution in [0.15, 0.2) is 22.7 Å². The van der Waals surface area contributed by atoms with Crippen molar-refractivity contribution in [2.45, 2.75) is 30.7 Å². The number of rotatable bonds is 2. The molecule has 0 saturated carbocycles. The van der Waals surface area contributed by atoms with Crippen molar-refractivity contribution in [1.82, 2.24) is 4.90 Å². The van der Waals surface area contributed by atoms with Crippen LogP contribution >= 0.6 is 39.3 Å². The molecule has 7 heteroatoms.